The van der Waals surface area contributed by atoms with Gasteiger partial charge in [0.25, 0.3) is 0 Å². The van der Waals surface area contributed by atoms with Crippen molar-refractivity contribution in [2.24, 2.45) is 0 Å². The largest absolute Gasteiger partial charge is 0.394 e. The minimum absolute atomic E-state index is 0.147. The summed E-state index contributed by atoms with van der Waals surface area (Å²) in [5.41, 5.74) is 0. The first-order valence-electron chi connectivity index (χ1n) is 20.9. The zero-order valence-corrected chi connectivity index (χ0v) is 32.2. The second-order valence-electron chi connectivity index (χ2n) is 14.8. The van der Waals surface area contributed by atoms with Crippen LogP contribution in [-0.4, -0.2) is 87.5 Å². The molecule has 0 aliphatic carbocycles. The highest BCUT2D eigenvalue weighted by atomic mass is 16.7. The predicted octanol–water partition coefficient (Wildman–Crippen LogP) is 7.78. The zero-order chi connectivity index (χ0) is 36.7. The number of aliphatic hydroxyl groups is 5. The van der Waals surface area contributed by atoms with Crippen LogP contribution in [0.25, 0.3) is 0 Å². The van der Waals surface area contributed by atoms with E-state index in [0.717, 1.165) is 32.1 Å². The lowest BCUT2D eigenvalue weighted by atomic mass is 9.99. The summed E-state index contributed by atoms with van der Waals surface area (Å²) >= 11 is 0. The first kappa shape index (κ1) is 47.0. The molecule has 7 atom stereocenters. The van der Waals surface area contributed by atoms with Crippen LogP contribution in [0.15, 0.2) is 12.2 Å². The smallest absolute Gasteiger partial charge is 0.220 e. The highest BCUT2D eigenvalue weighted by molar-refractivity contribution is 5.76. The first-order chi connectivity index (χ1) is 24.3. The number of ether oxygens (including phenoxy) is 2. The number of unbranched alkanes of at least 4 members (excludes halogenated alkanes) is 22. The van der Waals surface area contributed by atoms with Crippen molar-refractivity contribution < 1.29 is 39.8 Å². The van der Waals surface area contributed by atoms with E-state index in [1.807, 2.05) is 0 Å². The van der Waals surface area contributed by atoms with Crippen molar-refractivity contribution in [3.8, 4) is 0 Å². The SMILES string of the molecule is CCCCCC/C=C\CCCC(=O)NC(COC1OC(CO)C(O)C(O)C1O)C(O)CCCCCCCCCCCCCCCCCCCC. The number of carbonyl (C=O) groups excluding carboxylic acids is 1. The molecule has 0 saturated carbocycles. The number of rotatable bonds is 34. The van der Waals surface area contributed by atoms with Crippen LogP contribution in [0.2, 0.25) is 0 Å². The molecule has 0 aromatic carbocycles. The number of nitrogens with one attached hydrogen (secondary N) is 1. The van der Waals surface area contributed by atoms with Crippen LogP contribution in [0.5, 0.6) is 0 Å². The normalized spacial score (nSPS) is 22.3. The fraction of sp³-hybridized carbons (Fsp3) is 0.927. The standard InChI is InChI=1S/C41H79NO8/c1-3-5-7-9-11-13-14-15-16-17-18-19-20-21-23-24-26-28-30-35(44)34(33-49-41-40(48)39(47)38(46)36(32-43)50-41)42-37(45)31-29-27-25-22-12-10-8-6-4-2/h22,25,34-36,38-41,43-44,46-48H,3-21,23-24,26-33H2,1-2H3,(H,42,45)/b25-22-. The molecule has 296 valence electrons. The van der Waals surface area contributed by atoms with Crippen LogP contribution >= 0.6 is 0 Å². The van der Waals surface area contributed by atoms with Gasteiger partial charge >= 0.3 is 0 Å². The monoisotopic (exact) mass is 714 g/mol. The lowest BCUT2D eigenvalue weighted by molar-refractivity contribution is -0.302. The Balaban J connectivity index is 2.34. The van der Waals surface area contributed by atoms with Gasteiger partial charge in [0.05, 0.1) is 25.4 Å². The third-order valence-corrected chi connectivity index (χ3v) is 10.1. The van der Waals surface area contributed by atoms with E-state index in [4.69, 9.17) is 9.47 Å². The van der Waals surface area contributed by atoms with Crippen molar-refractivity contribution in [1.29, 1.82) is 0 Å². The highest BCUT2D eigenvalue weighted by Gasteiger charge is 2.44. The number of hydrogen-bond donors (Lipinski definition) is 6. The summed E-state index contributed by atoms with van der Waals surface area (Å²) in [5.74, 6) is -0.180. The Hall–Kier alpha value is -1.07. The van der Waals surface area contributed by atoms with Crippen LogP contribution in [0, 0.1) is 0 Å². The average Bonchev–Trinajstić information content (AvgIpc) is 3.11. The molecule has 9 heteroatoms. The molecule has 7 unspecified atom stereocenters. The van der Waals surface area contributed by atoms with E-state index in [9.17, 15) is 30.3 Å². The van der Waals surface area contributed by atoms with Gasteiger partial charge in [-0.2, -0.15) is 0 Å². The van der Waals surface area contributed by atoms with E-state index in [0.29, 0.717) is 19.3 Å². The van der Waals surface area contributed by atoms with Gasteiger partial charge in [-0.25, -0.2) is 0 Å². The lowest BCUT2D eigenvalue weighted by Crippen LogP contribution is -2.60. The summed E-state index contributed by atoms with van der Waals surface area (Å²) in [4.78, 5) is 12.8. The quantitative estimate of drug-likeness (QED) is 0.0293. The number of carbonyl (C=O) groups is 1. The van der Waals surface area contributed by atoms with Crippen LogP contribution in [0.4, 0.5) is 0 Å². The topological polar surface area (TPSA) is 149 Å². The van der Waals surface area contributed by atoms with E-state index in [1.54, 1.807) is 0 Å². The first-order valence-corrected chi connectivity index (χ1v) is 20.9. The molecular weight excluding hydrogens is 634 g/mol. The Kier molecular flexibility index (Phi) is 30.6. The van der Waals surface area contributed by atoms with E-state index in [2.05, 4.69) is 31.3 Å². The molecule has 0 aromatic heterocycles. The fourth-order valence-electron chi connectivity index (χ4n) is 6.69. The molecule has 1 fully saturated rings. The van der Waals surface area contributed by atoms with Gasteiger partial charge in [0.15, 0.2) is 6.29 Å². The predicted molar refractivity (Wildman–Crippen MR) is 203 cm³/mol. The van der Waals surface area contributed by atoms with E-state index in [-0.39, 0.29) is 12.5 Å². The molecule has 0 bridgehead atoms. The summed E-state index contributed by atoms with van der Waals surface area (Å²) < 4.78 is 11.2. The molecule has 1 aliphatic heterocycles. The number of aliphatic hydroxyl groups excluding tert-OH is 5. The molecule has 6 N–H and O–H groups in total. The van der Waals surface area contributed by atoms with Gasteiger partial charge in [-0.05, 0) is 32.1 Å². The van der Waals surface area contributed by atoms with Crippen molar-refractivity contribution in [1.82, 2.24) is 5.32 Å². The molecule has 0 spiro atoms. The Morgan fingerprint density at radius 3 is 1.62 bits per heavy atom. The van der Waals surface area contributed by atoms with Gasteiger partial charge in [-0.3, -0.25) is 4.79 Å². The van der Waals surface area contributed by atoms with E-state index < -0.39 is 49.5 Å². The third kappa shape index (κ3) is 23.5. The number of hydrogen-bond acceptors (Lipinski definition) is 8. The lowest BCUT2D eigenvalue weighted by Gasteiger charge is -2.40. The van der Waals surface area contributed by atoms with Crippen molar-refractivity contribution in [3.63, 3.8) is 0 Å². The van der Waals surface area contributed by atoms with Crippen molar-refractivity contribution >= 4 is 5.91 Å². The minimum atomic E-state index is -1.55. The van der Waals surface area contributed by atoms with Gasteiger partial charge in [0, 0.05) is 6.42 Å². The molecule has 9 nitrogen and oxygen atoms in total. The molecule has 0 radical (unpaired) electrons. The van der Waals surface area contributed by atoms with E-state index in [1.165, 1.54) is 122 Å². The van der Waals surface area contributed by atoms with Gasteiger partial charge in [0.2, 0.25) is 5.91 Å². The second-order valence-corrected chi connectivity index (χ2v) is 14.8. The van der Waals surface area contributed by atoms with E-state index >= 15 is 0 Å². The molecule has 0 aromatic rings. The molecule has 1 aliphatic rings. The van der Waals surface area contributed by atoms with Crippen LogP contribution in [0.1, 0.15) is 187 Å². The highest BCUT2D eigenvalue weighted by Crippen LogP contribution is 2.23. The molecule has 1 heterocycles. The minimum Gasteiger partial charge on any atom is -0.394 e. The van der Waals surface area contributed by atoms with Crippen molar-refractivity contribution in [2.45, 2.75) is 230 Å². The van der Waals surface area contributed by atoms with Gasteiger partial charge in [-0.1, -0.05) is 161 Å². The Morgan fingerprint density at radius 1 is 0.660 bits per heavy atom. The summed E-state index contributed by atoms with van der Waals surface area (Å²) in [6.45, 7) is 3.77. The average molecular weight is 714 g/mol. The van der Waals surface area contributed by atoms with Crippen molar-refractivity contribution in [2.75, 3.05) is 13.2 Å². The van der Waals surface area contributed by atoms with Crippen molar-refractivity contribution in [3.05, 3.63) is 12.2 Å². The Bertz CT molecular complexity index is 797. The molecule has 1 rings (SSSR count). The third-order valence-electron chi connectivity index (χ3n) is 10.1. The van der Waals surface area contributed by atoms with Gasteiger partial charge < -0.3 is 40.3 Å². The van der Waals surface area contributed by atoms with Gasteiger partial charge in [-0.15, -0.1) is 0 Å². The van der Waals surface area contributed by atoms with Crippen LogP contribution in [0.3, 0.4) is 0 Å². The fourth-order valence-corrected chi connectivity index (χ4v) is 6.69. The summed E-state index contributed by atoms with van der Waals surface area (Å²) in [6, 6.07) is -0.727. The maximum atomic E-state index is 12.8. The molecular formula is C41H79NO8. The summed E-state index contributed by atoms with van der Waals surface area (Å²) in [6.07, 6.45) is 28.1. The Labute approximate surface area is 306 Å². The number of allylic oxidation sites excluding steroid dienone is 2. The number of amides is 1. The maximum absolute atomic E-state index is 12.8. The maximum Gasteiger partial charge on any atom is 0.220 e. The molecule has 1 amide bonds. The summed E-state index contributed by atoms with van der Waals surface area (Å²) in [7, 11) is 0. The van der Waals surface area contributed by atoms with Gasteiger partial charge in [0.1, 0.15) is 24.4 Å². The van der Waals surface area contributed by atoms with Crippen LogP contribution < -0.4 is 5.32 Å². The Morgan fingerprint density at radius 2 is 1.12 bits per heavy atom. The zero-order valence-electron chi connectivity index (χ0n) is 32.2. The molecule has 50 heavy (non-hydrogen) atoms. The van der Waals surface area contributed by atoms with Crippen LogP contribution in [-0.2, 0) is 14.3 Å². The molecule has 1 saturated heterocycles. The second kappa shape index (κ2) is 32.6. The summed E-state index contributed by atoms with van der Waals surface area (Å²) in [5, 5.41) is 54.1.